The van der Waals surface area contributed by atoms with Gasteiger partial charge in [0.05, 0.1) is 36.4 Å². The lowest BCUT2D eigenvalue weighted by molar-refractivity contribution is 0.0999. The molecule has 0 bridgehead atoms. The molecule has 1 N–H and O–H groups in total. The quantitative estimate of drug-likeness (QED) is 0.348. The number of allylic oxidation sites excluding steroid dienone is 1. The number of ether oxygens (including phenoxy) is 2. The minimum atomic E-state index is 0.347. The fourth-order valence-electron chi connectivity index (χ4n) is 3.64. The molecule has 0 saturated heterocycles. The van der Waals surface area contributed by atoms with E-state index in [9.17, 15) is 0 Å². The molecule has 0 spiro atoms. The summed E-state index contributed by atoms with van der Waals surface area (Å²) in [7, 11) is 1.67. The molecule has 0 saturated carbocycles. The number of aryl methyl sites for hydroxylation is 1. The van der Waals surface area contributed by atoms with E-state index in [-0.39, 0.29) is 0 Å². The number of hydrogen-bond acceptors (Lipinski definition) is 4. The highest BCUT2D eigenvalue weighted by atomic mass is 16.5. The van der Waals surface area contributed by atoms with Crippen LogP contribution in [-0.4, -0.2) is 26.6 Å². The Morgan fingerprint density at radius 1 is 1.06 bits per heavy atom. The second-order valence-electron chi connectivity index (χ2n) is 7.64. The molecule has 6 heteroatoms. The normalized spacial score (nSPS) is 11.2. The van der Waals surface area contributed by atoms with Crippen LogP contribution in [0, 0.1) is 6.92 Å². The van der Waals surface area contributed by atoms with Crippen molar-refractivity contribution in [3.63, 3.8) is 0 Å². The van der Waals surface area contributed by atoms with Crippen LogP contribution in [-0.2, 0) is 18.0 Å². The summed E-state index contributed by atoms with van der Waals surface area (Å²) in [5.41, 5.74) is 5.71. The van der Waals surface area contributed by atoms with Crippen molar-refractivity contribution in [2.45, 2.75) is 27.1 Å². The molecule has 0 atom stereocenters. The van der Waals surface area contributed by atoms with Crippen molar-refractivity contribution >= 4 is 12.2 Å². The predicted octanol–water partition coefficient (Wildman–Crippen LogP) is 5.97. The SMILES string of the molecule is C=Cc1nc(COCc2cn(-c3ccc(C)cc3)c(-c3ccccc3OC)n2)[nH]c1/C=C\C. The maximum Gasteiger partial charge on any atom is 0.148 e. The van der Waals surface area contributed by atoms with Crippen LogP contribution >= 0.6 is 0 Å². The van der Waals surface area contributed by atoms with Crippen molar-refractivity contribution in [2.24, 2.45) is 0 Å². The van der Waals surface area contributed by atoms with E-state index >= 15 is 0 Å². The molecule has 2 aromatic carbocycles. The van der Waals surface area contributed by atoms with Gasteiger partial charge in [0.15, 0.2) is 0 Å². The molecule has 2 heterocycles. The molecule has 4 rings (SSSR count). The highest BCUT2D eigenvalue weighted by molar-refractivity contribution is 5.67. The standard InChI is InChI=1S/C27H28N4O2/c1-5-9-24-23(6-2)29-26(30-24)18-33-17-20-16-31(21-14-12-19(3)13-15-21)27(28-20)22-10-7-8-11-25(22)32-4/h5-16H,2,17-18H2,1,3-4H3,(H,29,30)/b9-5-. The zero-order chi connectivity index (χ0) is 23.2. The summed E-state index contributed by atoms with van der Waals surface area (Å²) < 4.78 is 13.6. The molecule has 2 aromatic heterocycles. The second-order valence-corrected chi connectivity index (χ2v) is 7.64. The Labute approximate surface area is 194 Å². The van der Waals surface area contributed by atoms with Gasteiger partial charge in [0.2, 0.25) is 0 Å². The Bertz CT molecular complexity index is 1270. The van der Waals surface area contributed by atoms with E-state index in [4.69, 9.17) is 14.5 Å². The van der Waals surface area contributed by atoms with E-state index in [1.165, 1.54) is 5.56 Å². The maximum atomic E-state index is 5.95. The number of aromatic amines is 1. The van der Waals surface area contributed by atoms with Crippen LogP contribution in [0.1, 0.15) is 35.4 Å². The third-order valence-corrected chi connectivity index (χ3v) is 5.24. The predicted molar refractivity (Wildman–Crippen MR) is 132 cm³/mol. The number of aromatic nitrogens is 4. The monoisotopic (exact) mass is 440 g/mol. The Morgan fingerprint density at radius 2 is 1.85 bits per heavy atom. The minimum Gasteiger partial charge on any atom is -0.496 e. The lowest BCUT2D eigenvalue weighted by atomic mass is 10.1. The number of hydrogen-bond donors (Lipinski definition) is 1. The van der Waals surface area contributed by atoms with Crippen LogP contribution in [0.15, 0.2) is 67.4 Å². The second kappa shape index (κ2) is 10.1. The first-order chi connectivity index (χ1) is 16.1. The van der Waals surface area contributed by atoms with Crippen LogP contribution in [0.25, 0.3) is 29.2 Å². The van der Waals surface area contributed by atoms with Crippen LogP contribution in [0.3, 0.4) is 0 Å². The molecule has 0 amide bonds. The summed E-state index contributed by atoms with van der Waals surface area (Å²) in [6.45, 7) is 8.56. The van der Waals surface area contributed by atoms with Crippen LogP contribution in [0.5, 0.6) is 5.75 Å². The Kier molecular flexibility index (Phi) is 6.86. The van der Waals surface area contributed by atoms with Gasteiger partial charge in [0.1, 0.15) is 24.0 Å². The van der Waals surface area contributed by atoms with Gasteiger partial charge in [-0.15, -0.1) is 0 Å². The first-order valence-corrected chi connectivity index (χ1v) is 10.8. The largest absolute Gasteiger partial charge is 0.496 e. The number of nitrogens with zero attached hydrogens (tertiary/aromatic N) is 3. The third kappa shape index (κ3) is 4.96. The third-order valence-electron chi connectivity index (χ3n) is 5.24. The molecular formula is C27H28N4O2. The molecular weight excluding hydrogens is 412 g/mol. The lowest BCUT2D eigenvalue weighted by Crippen LogP contribution is -1.98. The van der Waals surface area contributed by atoms with Crippen molar-refractivity contribution in [3.8, 4) is 22.8 Å². The molecule has 4 aromatic rings. The van der Waals surface area contributed by atoms with Gasteiger partial charge in [-0.2, -0.15) is 0 Å². The summed E-state index contributed by atoms with van der Waals surface area (Å²) in [4.78, 5) is 12.7. The Balaban J connectivity index is 1.60. The molecule has 0 aliphatic carbocycles. The van der Waals surface area contributed by atoms with E-state index in [1.807, 2.05) is 49.5 Å². The lowest BCUT2D eigenvalue weighted by Gasteiger charge is -2.11. The molecule has 6 nitrogen and oxygen atoms in total. The van der Waals surface area contributed by atoms with E-state index in [1.54, 1.807) is 13.2 Å². The van der Waals surface area contributed by atoms with Crippen molar-refractivity contribution in [1.82, 2.24) is 19.5 Å². The summed E-state index contributed by atoms with van der Waals surface area (Å²) in [6.07, 6.45) is 7.67. The number of benzene rings is 2. The molecule has 33 heavy (non-hydrogen) atoms. The molecule has 0 aliphatic rings. The van der Waals surface area contributed by atoms with Crippen LogP contribution in [0.4, 0.5) is 0 Å². The van der Waals surface area contributed by atoms with Gasteiger partial charge in [0.25, 0.3) is 0 Å². The number of para-hydroxylation sites is 1. The maximum absolute atomic E-state index is 5.95. The Hall–Kier alpha value is -3.90. The van der Waals surface area contributed by atoms with E-state index in [0.29, 0.717) is 13.2 Å². The minimum absolute atomic E-state index is 0.347. The van der Waals surface area contributed by atoms with Gasteiger partial charge in [0, 0.05) is 11.9 Å². The Morgan fingerprint density at radius 3 is 2.58 bits per heavy atom. The number of imidazole rings is 2. The summed E-state index contributed by atoms with van der Waals surface area (Å²) in [5.74, 6) is 2.33. The average Bonchev–Trinajstić information content (AvgIpc) is 3.44. The van der Waals surface area contributed by atoms with Gasteiger partial charge in [-0.05, 0) is 50.3 Å². The zero-order valence-corrected chi connectivity index (χ0v) is 19.2. The topological polar surface area (TPSA) is 65.0 Å². The first-order valence-electron chi connectivity index (χ1n) is 10.8. The number of rotatable bonds is 9. The van der Waals surface area contributed by atoms with Crippen LogP contribution in [0.2, 0.25) is 0 Å². The smallest absolute Gasteiger partial charge is 0.148 e. The fourth-order valence-corrected chi connectivity index (χ4v) is 3.64. The van der Waals surface area contributed by atoms with Gasteiger partial charge < -0.3 is 14.5 Å². The van der Waals surface area contributed by atoms with Crippen molar-refractivity contribution in [1.29, 1.82) is 0 Å². The number of methoxy groups -OCH3 is 1. The van der Waals surface area contributed by atoms with Gasteiger partial charge >= 0.3 is 0 Å². The van der Waals surface area contributed by atoms with Crippen LogP contribution < -0.4 is 4.74 Å². The average molecular weight is 441 g/mol. The van der Waals surface area contributed by atoms with Crippen molar-refractivity contribution in [3.05, 3.63) is 95.9 Å². The first kappa shape index (κ1) is 22.3. The number of nitrogens with one attached hydrogen (secondary N) is 1. The van der Waals surface area contributed by atoms with E-state index in [0.717, 1.165) is 45.7 Å². The number of H-pyrrole nitrogens is 1. The molecule has 0 fully saturated rings. The molecule has 0 aliphatic heterocycles. The highest BCUT2D eigenvalue weighted by Crippen LogP contribution is 2.31. The molecule has 0 unspecified atom stereocenters. The summed E-state index contributed by atoms with van der Waals surface area (Å²) >= 11 is 0. The van der Waals surface area contributed by atoms with E-state index < -0.39 is 0 Å². The van der Waals surface area contributed by atoms with Crippen molar-refractivity contribution < 1.29 is 9.47 Å². The van der Waals surface area contributed by atoms with E-state index in [2.05, 4.69) is 52.3 Å². The highest BCUT2D eigenvalue weighted by Gasteiger charge is 2.16. The summed E-state index contributed by atoms with van der Waals surface area (Å²) in [6, 6.07) is 16.2. The molecule has 0 radical (unpaired) electrons. The summed E-state index contributed by atoms with van der Waals surface area (Å²) in [5, 5.41) is 0. The molecule has 168 valence electrons. The zero-order valence-electron chi connectivity index (χ0n) is 19.2. The van der Waals surface area contributed by atoms with Gasteiger partial charge in [-0.25, -0.2) is 9.97 Å². The van der Waals surface area contributed by atoms with Gasteiger partial charge in [-0.1, -0.05) is 42.5 Å². The van der Waals surface area contributed by atoms with Gasteiger partial charge in [-0.3, -0.25) is 4.57 Å². The fraction of sp³-hybridized carbons (Fsp3) is 0.185. The van der Waals surface area contributed by atoms with Crippen molar-refractivity contribution in [2.75, 3.05) is 7.11 Å².